The minimum absolute atomic E-state index is 0.0592. The Bertz CT molecular complexity index is 810. The first-order valence-corrected chi connectivity index (χ1v) is 7.16. The van der Waals surface area contributed by atoms with Crippen LogP contribution in [0.15, 0.2) is 40.8 Å². The zero-order valence-corrected chi connectivity index (χ0v) is 12.0. The quantitative estimate of drug-likeness (QED) is 0.721. The van der Waals surface area contributed by atoms with Crippen molar-refractivity contribution in [3.05, 3.63) is 61.9 Å². The topological polar surface area (TPSA) is 34.9 Å². The summed E-state index contributed by atoms with van der Waals surface area (Å²) >= 11 is 13.5. The van der Waals surface area contributed by atoms with Gasteiger partial charge >= 0.3 is 0 Å². The Morgan fingerprint density at radius 3 is 2.95 bits per heavy atom. The average Bonchev–Trinajstić information content (AvgIpc) is 2.87. The molecule has 0 fully saturated rings. The van der Waals surface area contributed by atoms with Crippen molar-refractivity contribution >= 4 is 44.8 Å². The Hall–Kier alpha value is -1.36. The van der Waals surface area contributed by atoms with Crippen molar-refractivity contribution in [2.75, 3.05) is 0 Å². The minimum atomic E-state index is -0.0592. The molecule has 3 aromatic rings. The van der Waals surface area contributed by atoms with Crippen molar-refractivity contribution in [2.24, 2.45) is 0 Å². The van der Waals surface area contributed by atoms with Gasteiger partial charge in [-0.15, -0.1) is 11.3 Å². The van der Waals surface area contributed by atoms with Gasteiger partial charge in [0, 0.05) is 0 Å². The van der Waals surface area contributed by atoms with Crippen molar-refractivity contribution in [3.63, 3.8) is 0 Å². The van der Waals surface area contributed by atoms with Crippen LogP contribution in [0.3, 0.4) is 0 Å². The van der Waals surface area contributed by atoms with E-state index in [4.69, 9.17) is 23.2 Å². The molecular formula is C13H8Cl2N2OS. The second-order valence-corrected chi connectivity index (χ2v) is 5.73. The molecule has 0 aliphatic heterocycles. The van der Waals surface area contributed by atoms with Crippen molar-refractivity contribution in [1.82, 2.24) is 9.55 Å². The molecular weight excluding hydrogens is 303 g/mol. The van der Waals surface area contributed by atoms with Crippen LogP contribution in [0, 0.1) is 0 Å². The summed E-state index contributed by atoms with van der Waals surface area (Å²) < 4.78 is 2.19. The van der Waals surface area contributed by atoms with E-state index in [0.717, 1.165) is 11.1 Å². The first-order valence-electron chi connectivity index (χ1n) is 5.52. The summed E-state index contributed by atoms with van der Waals surface area (Å²) in [6.07, 6.45) is 1.54. The molecule has 0 N–H and O–H groups in total. The molecule has 0 aliphatic rings. The largest absolute Gasteiger partial charge is 0.293 e. The Labute approximate surface area is 123 Å². The van der Waals surface area contributed by atoms with E-state index in [9.17, 15) is 4.79 Å². The van der Waals surface area contributed by atoms with Gasteiger partial charge in [0.1, 0.15) is 4.70 Å². The van der Waals surface area contributed by atoms with Crippen LogP contribution in [-0.4, -0.2) is 9.55 Å². The smallest absolute Gasteiger partial charge is 0.271 e. The molecule has 0 aliphatic carbocycles. The third-order valence-electron chi connectivity index (χ3n) is 2.81. The van der Waals surface area contributed by atoms with Crippen LogP contribution < -0.4 is 5.56 Å². The number of halogens is 2. The summed E-state index contributed by atoms with van der Waals surface area (Å²) in [5.41, 5.74) is 1.47. The number of benzene rings is 1. The highest BCUT2D eigenvalue weighted by molar-refractivity contribution is 7.17. The van der Waals surface area contributed by atoms with Gasteiger partial charge in [-0.1, -0.05) is 35.3 Å². The van der Waals surface area contributed by atoms with Crippen LogP contribution in [0.5, 0.6) is 0 Å². The molecule has 1 aromatic carbocycles. The van der Waals surface area contributed by atoms with E-state index < -0.39 is 0 Å². The molecule has 0 radical (unpaired) electrons. The van der Waals surface area contributed by atoms with E-state index in [2.05, 4.69) is 4.98 Å². The van der Waals surface area contributed by atoms with E-state index in [1.165, 1.54) is 22.2 Å². The van der Waals surface area contributed by atoms with E-state index in [0.29, 0.717) is 21.3 Å². The molecule has 3 rings (SSSR count). The monoisotopic (exact) mass is 310 g/mol. The lowest BCUT2D eigenvalue weighted by molar-refractivity contribution is 0.750. The minimum Gasteiger partial charge on any atom is -0.293 e. The zero-order valence-electron chi connectivity index (χ0n) is 9.64. The molecule has 0 saturated heterocycles. The number of aromatic nitrogens is 2. The van der Waals surface area contributed by atoms with Gasteiger partial charge < -0.3 is 0 Å². The second-order valence-electron chi connectivity index (χ2n) is 4.03. The first kappa shape index (κ1) is 12.7. The summed E-state index contributed by atoms with van der Waals surface area (Å²) in [6, 6.07) is 7.21. The fourth-order valence-electron chi connectivity index (χ4n) is 1.85. The number of rotatable bonds is 2. The number of nitrogens with zero attached hydrogens (tertiary/aromatic N) is 2. The highest BCUT2D eigenvalue weighted by Gasteiger charge is 2.09. The normalized spacial score (nSPS) is 11.1. The molecule has 19 heavy (non-hydrogen) atoms. The van der Waals surface area contributed by atoms with Gasteiger partial charge in [-0.2, -0.15) is 0 Å². The summed E-state index contributed by atoms with van der Waals surface area (Å²) in [7, 11) is 0. The molecule has 6 heteroatoms. The predicted molar refractivity (Wildman–Crippen MR) is 79.4 cm³/mol. The van der Waals surface area contributed by atoms with Gasteiger partial charge in [0.25, 0.3) is 5.56 Å². The summed E-state index contributed by atoms with van der Waals surface area (Å²) in [6.45, 7) is 0.360. The maximum absolute atomic E-state index is 12.2. The SMILES string of the molecule is O=c1c2sccc2ncn1Cc1cccc(Cl)c1Cl. The highest BCUT2D eigenvalue weighted by Crippen LogP contribution is 2.26. The molecule has 0 saturated carbocycles. The fraction of sp³-hybridized carbons (Fsp3) is 0.0769. The first-order chi connectivity index (χ1) is 9.16. The molecule has 2 heterocycles. The van der Waals surface area contributed by atoms with Gasteiger partial charge in [0.15, 0.2) is 0 Å². The maximum atomic E-state index is 12.2. The summed E-state index contributed by atoms with van der Waals surface area (Å²) in [5.74, 6) is 0. The van der Waals surface area contributed by atoms with E-state index in [1.54, 1.807) is 6.07 Å². The lowest BCUT2D eigenvalue weighted by atomic mass is 10.2. The second kappa shape index (κ2) is 4.96. The number of hydrogen-bond donors (Lipinski definition) is 0. The fourth-order valence-corrected chi connectivity index (χ4v) is 3.02. The predicted octanol–water partition coefficient (Wildman–Crippen LogP) is 3.81. The summed E-state index contributed by atoms with van der Waals surface area (Å²) in [4.78, 5) is 16.5. The Kier molecular flexibility index (Phi) is 3.31. The highest BCUT2D eigenvalue weighted by atomic mass is 35.5. The van der Waals surface area contributed by atoms with E-state index in [1.807, 2.05) is 23.6 Å². The lowest BCUT2D eigenvalue weighted by Gasteiger charge is -2.08. The van der Waals surface area contributed by atoms with Crippen LogP contribution in [0.2, 0.25) is 10.0 Å². The van der Waals surface area contributed by atoms with Gasteiger partial charge in [-0.3, -0.25) is 9.36 Å². The van der Waals surface area contributed by atoms with E-state index in [-0.39, 0.29) is 5.56 Å². The Morgan fingerprint density at radius 2 is 2.11 bits per heavy atom. The van der Waals surface area contributed by atoms with Crippen molar-refractivity contribution in [3.8, 4) is 0 Å². The summed E-state index contributed by atoms with van der Waals surface area (Å²) in [5, 5.41) is 2.81. The van der Waals surface area contributed by atoms with Crippen LogP contribution in [0.4, 0.5) is 0 Å². The Morgan fingerprint density at radius 1 is 1.26 bits per heavy atom. The molecule has 0 spiro atoms. The van der Waals surface area contributed by atoms with Gasteiger partial charge in [-0.25, -0.2) is 4.98 Å². The molecule has 96 valence electrons. The van der Waals surface area contributed by atoms with Crippen LogP contribution in [0.1, 0.15) is 5.56 Å². The average molecular weight is 311 g/mol. The van der Waals surface area contributed by atoms with Crippen molar-refractivity contribution in [1.29, 1.82) is 0 Å². The zero-order chi connectivity index (χ0) is 13.4. The molecule has 0 amide bonds. The number of hydrogen-bond acceptors (Lipinski definition) is 3. The number of fused-ring (bicyclic) bond motifs is 1. The Balaban J connectivity index is 2.08. The molecule has 0 unspecified atom stereocenters. The molecule has 0 bridgehead atoms. The van der Waals surface area contributed by atoms with Gasteiger partial charge in [0.2, 0.25) is 0 Å². The standard InChI is InChI=1S/C13H8Cl2N2OS/c14-9-3-1-2-8(11(9)15)6-17-7-16-10-4-5-19-12(10)13(17)18/h1-5,7H,6H2. The van der Waals surface area contributed by atoms with Gasteiger partial charge in [0.05, 0.1) is 28.4 Å². The molecule has 0 atom stereocenters. The van der Waals surface area contributed by atoms with E-state index >= 15 is 0 Å². The molecule has 2 aromatic heterocycles. The number of thiophene rings is 1. The third-order valence-corrected chi connectivity index (χ3v) is 4.56. The van der Waals surface area contributed by atoms with Crippen molar-refractivity contribution < 1.29 is 0 Å². The van der Waals surface area contributed by atoms with Gasteiger partial charge in [-0.05, 0) is 23.1 Å². The molecule has 3 nitrogen and oxygen atoms in total. The van der Waals surface area contributed by atoms with Crippen LogP contribution >= 0.6 is 34.5 Å². The third kappa shape index (κ3) is 2.27. The lowest BCUT2D eigenvalue weighted by Crippen LogP contribution is -2.20. The van der Waals surface area contributed by atoms with Crippen LogP contribution in [-0.2, 0) is 6.54 Å². The van der Waals surface area contributed by atoms with Crippen molar-refractivity contribution in [2.45, 2.75) is 6.54 Å². The van der Waals surface area contributed by atoms with Crippen LogP contribution in [0.25, 0.3) is 10.2 Å². The maximum Gasteiger partial charge on any atom is 0.271 e.